The van der Waals surface area contributed by atoms with E-state index in [-0.39, 0.29) is 23.2 Å². The number of rotatable bonds is 11. The maximum Gasteiger partial charge on any atom is 0.303 e. The van der Waals surface area contributed by atoms with Crippen molar-refractivity contribution in [2.75, 3.05) is 11.9 Å². The molecule has 8 nitrogen and oxygen atoms in total. The number of pyridine rings is 1. The minimum Gasteiger partial charge on any atom is -0.481 e. The fourth-order valence-corrected chi connectivity index (χ4v) is 4.49. The molecule has 0 aliphatic heterocycles. The number of nitrogens with zero attached hydrogens (tertiary/aromatic N) is 2. The van der Waals surface area contributed by atoms with Gasteiger partial charge in [0, 0.05) is 36.6 Å². The number of anilines is 1. The lowest BCUT2D eigenvalue weighted by molar-refractivity contribution is -0.137. The number of carboxylic acid groups (broad SMARTS) is 1. The van der Waals surface area contributed by atoms with E-state index in [1.807, 2.05) is 56.3 Å². The molecule has 1 heterocycles. The Labute approximate surface area is 218 Å². The van der Waals surface area contributed by atoms with Gasteiger partial charge in [-0.2, -0.15) is 0 Å². The third kappa shape index (κ3) is 8.88. The molecule has 9 heteroatoms. The topological polar surface area (TPSA) is 121 Å². The summed E-state index contributed by atoms with van der Waals surface area (Å²) in [7, 11) is -3.83. The zero-order chi connectivity index (χ0) is 26.7. The van der Waals surface area contributed by atoms with Crippen LogP contribution in [0.25, 0.3) is 5.57 Å². The van der Waals surface area contributed by atoms with Gasteiger partial charge in [0.25, 0.3) is 10.0 Å². The minimum absolute atomic E-state index is 0.0929. The van der Waals surface area contributed by atoms with Crippen molar-refractivity contribution in [3.63, 3.8) is 0 Å². The van der Waals surface area contributed by atoms with E-state index < -0.39 is 16.0 Å². The number of guanidine groups is 1. The summed E-state index contributed by atoms with van der Waals surface area (Å²) < 4.78 is 28.5. The van der Waals surface area contributed by atoms with Crippen LogP contribution < -0.4 is 10.0 Å². The number of carbonyl (C=O) groups is 1. The predicted octanol–water partition coefficient (Wildman–Crippen LogP) is 5.17. The largest absolute Gasteiger partial charge is 0.481 e. The Morgan fingerprint density at radius 2 is 1.81 bits per heavy atom. The molecule has 0 spiro atoms. The summed E-state index contributed by atoms with van der Waals surface area (Å²) >= 11 is 0. The number of allylic oxidation sites excluding steroid dienone is 1. The van der Waals surface area contributed by atoms with E-state index in [1.54, 1.807) is 30.6 Å². The summed E-state index contributed by atoms with van der Waals surface area (Å²) in [4.78, 5) is 19.8. The minimum atomic E-state index is -3.83. The number of sulfonamides is 1. The van der Waals surface area contributed by atoms with E-state index in [2.05, 4.69) is 20.0 Å². The van der Waals surface area contributed by atoms with Crippen LogP contribution in [0.2, 0.25) is 0 Å². The molecule has 0 saturated carbocycles. The van der Waals surface area contributed by atoms with Crippen LogP contribution in [-0.4, -0.2) is 37.0 Å². The first kappa shape index (κ1) is 27.6. The van der Waals surface area contributed by atoms with E-state index in [0.717, 1.165) is 16.7 Å². The number of aliphatic imine (C=N–C) groups is 1. The SMILES string of the molecule is CC(C)CN=C(Nc1cccc(/C(=C\CCCC(=O)O)c2cccnc2)c1)NS(=O)(=O)c1ccccc1. The van der Waals surface area contributed by atoms with Gasteiger partial charge in [-0.15, -0.1) is 0 Å². The van der Waals surface area contributed by atoms with Gasteiger partial charge in [-0.3, -0.25) is 14.8 Å². The molecular formula is C28H32N4O4S. The van der Waals surface area contributed by atoms with Gasteiger partial charge in [0.1, 0.15) is 0 Å². The fourth-order valence-electron chi connectivity index (χ4n) is 3.48. The van der Waals surface area contributed by atoms with Crippen LogP contribution in [-0.2, 0) is 14.8 Å². The molecule has 37 heavy (non-hydrogen) atoms. The Hall–Kier alpha value is -3.98. The van der Waals surface area contributed by atoms with Gasteiger partial charge in [0.2, 0.25) is 5.96 Å². The normalized spacial score (nSPS) is 12.4. The van der Waals surface area contributed by atoms with Gasteiger partial charge in [-0.1, -0.05) is 56.3 Å². The second kappa shape index (κ2) is 13.4. The van der Waals surface area contributed by atoms with Crippen LogP contribution in [0.15, 0.2) is 95.1 Å². The smallest absolute Gasteiger partial charge is 0.303 e. The van der Waals surface area contributed by atoms with Crippen molar-refractivity contribution in [2.45, 2.75) is 38.0 Å². The van der Waals surface area contributed by atoms with Crippen molar-refractivity contribution < 1.29 is 18.3 Å². The maximum atomic E-state index is 12.9. The van der Waals surface area contributed by atoms with Crippen molar-refractivity contribution in [1.29, 1.82) is 0 Å². The average molecular weight is 521 g/mol. The van der Waals surface area contributed by atoms with Crippen molar-refractivity contribution in [2.24, 2.45) is 10.9 Å². The van der Waals surface area contributed by atoms with Gasteiger partial charge in [-0.25, -0.2) is 13.1 Å². The molecule has 0 aliphatic rings. The first-order valence-electron chi connectivity index (χ1n) is 12.1. The quantitative estimate of drug-likeness (QED) is 0.182. The number of aromatic nitrogens is 1. The highest BCUT2D eigenvalue weighted by molar-refractivity contribution is 7.90. The first-order valence-corrected chi connectivity index (χ1v) is 13.5. The number of hydrogen-bond donors (Lipinski definition) is 3. The Morgan fingerprint density at radius 3 is 2.49 bits per heavy atom. The van der Waals surface area contributed by atoms with Gasteiger partial charge >= 0.3 is 5.97 Å². The molecule has 2 aromatic carbocycles. The maximum absolute atomic E-state index is 12.9. The van der Waals surface area contributed by atoms with Gasteiger partial charge < -0.3 is 10.4 Å². The summed E-state index contributed by atoms with van der Waals surface area (Å²) in [5.74, 6) is -0.466. The average Bonchev–Trinajstić information content (AvgIpc) is 2.88. The number of carboxylic acids is 1. The molecule has 0 atom stereocenters. The molecular weight excluding hydrogens is 488 g/mol. The third-order valence-corrected chi connectivity index (χ3v) is 6.61. The highest BCUT2D eigenvalue weighted by atomic mass is 32.2. The molecule has 1 aromatic heterocycles. The Bertz CT molecular complexity index is 1340. The molecule has 0 radical (unpaired) electrons. The van der Waals surface area contributed by atoms with Crippen molar-refractivity contribution in [3.05, 3.63) is 96.3 Å². The molecule has 0 saturated heterocycles. The van der Waals surface area contributed by atoms with Crippen molar-refractivity contribution in [1.82, 2.24) is 9.71 Å². The number of aliphatic carboxylic acids is 1. The third-order valence-electron chi connectivity index (χ3n) is 5.25. The highest BCUT2D eigenvalue weighted by Gasteiger charge is 2.17. The zero-order valence-corrected chi connectivity index (χ0v) is 21.8. The lowest BCUT2D eigenvalue weighted by atomic mass is 9.97. The van der Waals surface area contributed by atoms with Crippen molar-refractivity contribution >= 4 is 33.2 Å². The summed E-state index contributed by atoms with van der Waals surface area (Å²) in [6, 6.07) is 19.5. The molecule has 0 bridgehead atoms. The molecule has 0 amide bonds. The van der Waals surface area contributed by atoms with E-state index in [0.29, 0.717) is 25.1 Å². The zero-order valence-electron chi connectivity index (χ0n) is 21.0. The summed E-state index contributed by atoms with van der Waals surface area (Å²) in [6.45, 7) is 4.44. The first-order chi connectivity index (χ1) is 17.7. The van der Waals surface area contributed by atoms with E-state index in [4.69, 9.17) is 5.11 Å². The number of hydrogen-bond acceptors (Lipinski definition) is 5. The second-order valence-corrected chi connectivity index (χ2v) is 10.5. The summed E-state index contributed by atoms with van der Waals surface area (Å²) in [5, 5.41) is 12.1. The van der Waals surface area contributed by atoms with Crippen LogP contribution in [0.5, 0.6) is 0 Å². The van der Waals surface area contributed by atoms with Crippen molar-refractivity contribution in [3.8, 4) is 0 Å². The fraction of sp³-hybridized carbons (Fsp3) is 0.250. The molecule has 0 unspecified atom stereocenters. The Balaban J connectivity index is 1.90. The second-order valence-electron chi connectivity index (χ2n) is 8.85. The molecule has 0 aliphatic carbocycles. The number of nitrogens with one attached hydrogen (secondary N) is 2. The lowest BCUT2D eigenvalue weighted by Gasteiger charge is -2.15. The summed E-state index contributed by atoms with van der Waals surface area (Å²) in [6.07, 6.45) is 6.66. The van der Waals surface area contributed by atoms with Gasteiger partial charge in [0.05, 0.1) is 4.90 Å². The summed E-state index contributed by atoms with van der Waals surface area (Å²) in [5.41, 5.74) is 3.33. The Morgan fingerprint density at radius 1 is 1.05 bits per heavy atom. The Kier molecular flexibility index (Phi) is 9.97. The predicted molar refractivity (Wildman–Crippen MR) is 147 cm³/mol. The van der Waals surface area contributed by atoms with Gasteiger partial charge in [0.15, 0.2) is 0 Å². The number of benzene rings is 2. The molecule has 3 aromatic rings. The van der Waals surface area contributed by atoms with Crippen LogP contribution in [0, 0.1) is 5.92 Å². The van der Waals surface area contributed by atoms with Crippen LogP contribution in [0.3, 0.4) is 0 Å². The standard InChI is InChI=1S/C28H32N4O4S/c1-21(2)19-30-28(32-37(35,36)25-13-4-3-5-14-25)31-24-12-8-10-22(18-24)26(15-6-7-16-27(33)34)23-11-9-17-29-20-23/h3-5,8-15,17-18,20-21H,6-7,16,19H2,1-2H3,(H,33,34)(H2,30,31,32)/b26-15+. The molecule has 3 rings (SSSR count). The van der Waals surface area contributed by atoms with E-state index >= 15 is 0 Å². The highest BCUT2D eigenvalue weighted by Crippen LogP contribution is 2.26. The van der Waals surface area contributed by atoms with Gasteiger partial charge in [-0.05, 0) is 60.2 Å². The van der Waals surface area contributed by atoms with Crippen LogP contribution in [0.1, 0.15) is 44.2 Å². The molecule has 0 fully saturated rings. The number of unbranched alkanes of at least 4 members (excludes halogenated alkanes) is 1. The van der Waals surface area contributed by atoms with E-state index in [9.17, 15) is 13.2 Å². The monoisotopic (exact) mass is 520 g/mol. The molecule has 3 N–H and O–H groups in total. The molecule has 194 valence electrons. The van der Waals surface area contributed by atoms with Crippen LogP contribution >= 0.6 is 0 Å². The van der Waals surface area contributed by atoms with E-state index in [1.165, 1.54) is 12.1 Å². The lowest BCUT2D eigenvalue weighted by Crippen LogP contribution is -2.36. The van der Waals surface area contributed by atoms with Crippen LogP contribution in [0.4, 0.5) is 5.69 Å².